The molecule has 0 aliphatic heterocycles. The Balaban J connectivity index is 1.68. The van der Waals surface area contributed by atoms with Crippen molar-refractivity contribution in [2.75, 3.05) is 20.3 Å². The molecule has 3 nitrogen and oxygen atoms in total. The second-order valence-electron chi connectivity index (χ2n) is 5.89. The molecular formula is C16H23NO2. The molecule has 19 heavy (non-hydrogen) atoms. The Labute approximate surface area is 115 Å². The Bertz CT molecular complexity index is 425. The van der Waals surface area contributed by atoms with Crippen molar-refractivity contribution in [3.63, 3.8) is 0 Å². The lowest BCUT2D eigenvalue weighted by Gasteiger charge is -2.23. The normalized spacial score (nSPS) is 29.9. The maximum Gasteiger partial charge on any atom is 0.124 e. The van der Waals surface area contributed by atoms with Crippen molar-refractivity contribution in [1.82, 2.24) is 0 Å². The molecule has 1 aromatic carbocycles. The number of ether oxygens (including phenoxy) is 2. The first-order valence-electron chi connectivity index (χ1n) is 7.26. The number of hydrogen-bond acceptors (Lipinski definition) is 3. The zero-order valence-corrected chi connectivity index (χ0v) is 11.5. The molecule has 2 saturated carbocycles. The summed E-state index contributed by atoms with van der Waals surface area (Å²) in [7, 11) is 1.69. The lowest BCUT2D eigenvalue weighted by atomic mass is 9.89. The highest BCUT2D eigenvalue weighted by Crippen LogP contribution is 2.57. The van der Waals surface area contributed by atoms with Crippen LogP contribution < -0.4 is 10.5 Å². The first-order valence-corrected chi connectivity index (χ1v) is 7.26. The third-order valence-electron chi connectivity index (χ3n) is 4.61. The summed E-state index contributed by atoms with van der Waals surface area (Å²) < 4.78 is 10.8. The van der Waals surface area contributed by atoms with Gasteiger partial charge in [0.25, 0.3) is 0 Å². The maximum atomic E-state index is 6.48. The molecule has 0 spiro atoms. The average molecular weight is 261 g/mol. The van der Waals surface area contributed by atoms with E-state index < -0.39 is 0 Å². The average Bonchev–Trinajstić information content (AvgIpc) is 3.05. The largest absolute Gasteiger partial charge is 0.491 e. The summed E-state index contributed by atoms with van der Waals surface area (Å²) in [4.78, 5) is 0. The van der Waals surface area contributed by atoms with Crippen molar-refractivity contribution in [3.05, 3.63) is 29.8 Å². The van der Waals surface area contributed by atoms with Crippen molar-refractivity contribution in [2.45, 2.75) is 25.3 Å². The molecular weight excluding hydrogens is 238 g/mol. The van der Waals surface area contributed by atoms with Gasteiger partial charge >= 0.3 is 0 Å². The molecule has 0 saturated heterocycles. The van der Waals surface area contributed by atoms with Gasteiger partial charge in [-0.1, -0.05) is 18.2 Å². The van der Waals surface area contributed by atoms with Gasteiger partial charge < -0.3 is 15.2 Å². The summed E-state index contributed by atoms with van der Waals surface area (Å²) in [6.07, 6.45) is 4.05. The van der Waals surface area contributed by atoms with E-state index in [9.17, 15) is 0 Å². The third-order valence-corrected chi connectivity index (χ3v) is 4.61. The first-order chi connectivity index (χ1) is 9.29. The van der Waals surface area contributed by atoms with E-state index in [0.717, 1.165) is 23.1 Å². The van der Waals surface area contributed by atoms with E-state index in [0.29, 0.717) is 19.1 Å². The predicted molar refractivity (Wildman–Crippen MR) is 75.1 cm³/mol. The predicted octanol–water partition coefficient (Wildman–Crippen LogP) is 2.76. The number of fused-ring (bicyclic) bond motifs is 1. The molecule has 3 heteroatoms. The summed E-state index contributed by atoms with van der Waals surface area (Å²) in [5, 5.41) is 0. The Hall–Kier alpha value is -1.06. The SMILES string of the molecule is COCCOc1ccccc1C(N)C1CC2CC2C1. The highest BCUT2D eigenvalue weighted by Gasteiger charge is 2.47. The Kier molecular flexibility index (Phi) is 3.76. The van der Waals surface area contributed by atoms with Gasteiger partial charge in [0.1, 0.15) is 12.4 Å². The molecule has 2 fully saturated rings. The summed E-state index contributed by atoms with van der Waals surface area (Å²) in [5.74, 6) is 3.50. The molecule has 3 rings (SSSR count). The first kappa shape index (κ1) is 12.9. The Morgan fingerprint density at radius 2 is 1.89 bits per heavy atom. The van der Waals surface area contributed by atoms with Crippen LogP contribution in [0, 0.1) is 17.8 Å². The number of hydrogen-bond donors (Lipinski definition) is 1. The monoisotopic (exact) mass is 261 g/mol. The van der Waals surface area contributed by atoms with Crippen LogP contribution in [0.4, 0.5) is 0 Å². The van der Waals surface area contributed by atoms with Crippen LogP contribution in [0.5, 0.6) is 5.75 Å². The van der Waals surface area contributed by atoms with Crippen LogP contribution in [-0.4, -0.2) is 20.3 Å². The third kappa shape index (κ3) is 2.77. The van der Waals surface area contributed by atoms with Crippen LogP contribution in [0.1, 0.15) is 30.9 Å². The van der Waals surface area contributed by atoms with Gasteiger partial charge in [-0.2, -0.15) is 0 Å². The Morgan fingerprint density at radius 1 is 1.16 bits per heavy atom. The number of benzene rings is 1. The van der Waals surface area contributed by atoms with E-state index in [1.165, 1.54) is 19.3 Å². The molecule has 3 atom stereocenters. The zero-order chi connectivity index (χ0) is 13.2. The molecule has 3 unspecified atom stereocenters. The van der Waals surface area contributed by atoms with Crippen molar-refractivity contribution in [2.24, 2.45) is 23.5 Å². The fraction of sp³-hybridized carbons (Fsp3) is 0.625. The quantitative estimate of drug-likeness (QED) is 0.801. The van der Waals surface area contributed by atoms with Gasteiger partial charge in [0, 0.05) is 18.7 Å². The lowest BCUT2D eigenvalue weighted by molar-refractivity contribution is 0.145. The van der Waals surface area contributed by atoms with Gasteiger partial charge in [-0.25, -0.2) is 0 Å². The standard InChI is InChI=1S/C16H23NO2/c1-18-6-7-19-15-5-3-2-4-14(15)16(17)13-9-11-8-12(11)10-13/h2-5,11-13,16H,6-10,17H2,1H3. The summed E-state index contributed by atoms with van der Waals surface area (Å²) in [5.41, 5.74) is 7.63. The molecule has 0 amide bonds. The van der Waals surface area contributed by atoms with Crippen LogP contribution in [0.15, 0.2) is 24.3 Å². The van der Waals surface area contributed by atoms with Gasteiger partial charge in [-0.05, 0) is 43.1 Å². The zero-order valence-electron chi connectivity index (χ0n) is 11.5. The van der Waals surface area contributed by atoms with E-state index in [2.05, 4.69) is 6.07 Å². The summed E-state index contributed by atoms with van der Waals surface area (Å²) >= 11 is 0. The number of methoxy groups -OCH3 is 1. The topological polar surface area (TPSA) is 44.5 Å². The second kappa shape index (κ2) is 5.51. The van der Waals surface area contributed by atoms with E-state index in [1.54, 1.807) is 7.11 Å². The van der Waals surface area contributed by atoms with Gasteiger partial charge in [-0.15, -0.1) is 0 Å². The van der Waals surface area contributed by atoms with E-state index in [1.807, 2.05) is 18.2 Å². The highest BCUT2D eigenvalue weighted by atomic mass is 16.5. The molecule has 104 valence electrons. The fourth-order valence-electron chi connectivity index (χ4n) is 3.43. The summed E-state index contributed by atoms with van der Waals surface area (Å²) in [6, 6.07) is 8.29. The van der Waals surface area contributed by atoms with Gasteiger partial charge in [0.15, 0.2) is 0 Å². The minimum atomic E-state index is 0.117. The van der Waals surface area contributed by atoms with Crippen LogP contribution in [-0.2, 0) is 4.74 Å². The number of para-hydroxylation sites is 1. The van der Waals surface area contributed by atoms with Gasteiger partial charge in [0.2, 0.25) is 0 Å². The van der Waals surface area contributed by atoms with Crippen molar-refractivity contribution in [1.29, 1.82) is 0 Å². The second-order valence-corrected chi connectivity index (χ2v) is 5.89. The molecule has 2 aliphatic rings. The van der Waals surface area contributed by atoms with Crippen LogP contribution >= 0.6 is 0 Å². The van der Waals surface area contributed by atoms with Crippen LogP contribution in [0.25, 0.3) is 0 Å². The number of rotatable bonds is 6. The van der Waals surface area contributed by atoms with Crippen LogP contribution in [0.3, 0.4) is 0 Å². The van der Waals surface area contributed by atoms with Gasteiger partial charge in [-0.3, -0.25) is 0 Å². The Morgan fingerprint density at radius 3 is 2.63 bits per heavy atom. The maximum absolute atomic E-state index is 6.48. The molecule has 2 aliphatic carbocycles. The van der Waals surface area contributed by atoms with Crippen molar-refractivity contribution >= 4 is 0 Å². The highest BCUT2D eigenvalue weighted by molar-refractivity contribution is 5.36. The molecule has 1 aromatic rings. The molecule has 0 heterocycles. The van der Waals surface area contributed by atoms with Crippen molar-refractivity contribution in [3.8, 4) is 5.75 Å². The fourth-order valence-corrected chi connectivity index (χ4v) is 3.43. The van der Waals surface area contributed by atoms with E-state index in [-0.39, 0.29) is 6.04 Å². The minimum absolute atomic E-state index is 0.117. The smallest absolute Gasteiger partial charge is 0.124 e. The molecule has 0 bridgehead atoms. The molecule has 0 aromatic heterocycles. The lowest BCUT2D eigenvalue weighted by Crippen LogP contribution is -2.21. The van der Waals surface area contributed by atoms with E-state index in [4.69, 9.17) is 15.2 Å². The summed E-state index contributed by atoms with van der Waals surface area (Å²) in [6.45, 7) is 1.19. The molecule has 0 radical (unpaired) electrons. The van der Waals surface area contributed by atoms with Gasteiger partial charge in [0.05, 0.1) is 6.61 Å². The van der Waals surface area contributed by atoms with E-state index >= 15 is 0 Å². The minimum Gasteiger partial charge on any atom is -0.491 e. The van der Waals surface area contributed by atoms with Crippen molar-refractivity contribution < 1.29 is 9.47 Å². The van der Waals surface area contributed by atoms with Crippen LogP contribution in [0.2, 0.25) is 0 Å². The molecule has 2 N–H and O–H groups in total. The number of nitrogens with two attached hydrogens (primary N) is 1.